The molecule has 2 unspecified atom stereocenters. The lowest BCUT2D eigenvalue weighted by atomic mass is 10.00. The van der Waals surface area contributed by atoms with Gasteiger partial charge in [-0.15, -0.1) is 12.4 Å². The Morgan fingerprint density at radius 2 is 2.05 bits per heavy atom. The van der Waals surface area contributed by atoms with Crippen molar-refractivity contribution in [3.8, 4) is 5.75 Å². The zero-order valence-electron chi connectivity index (χ0n) is 12.9. The fraction of sp³-hybridized carbons (Fsp3) is 0.562. The molecule has 1 aromatic carbocycles. The SMILES string of the molecule is Cc1cccc(C)c1OCC(=O)NC1CCCNC1C.Cl. The van der Waals surface area contributed by atoms with Gasteiger partial charge in [-0.25, -0.2) is 0 Å². The summed E-state index contributed by atoms with van der Waals surface area (Å²) in [5.41, 5.74) is 2.12. The van der Waals surface area contributed by atoms with Crippen LogP contribution in [0.5, 0.6) is 5.75 Å². The number of carbonyl (C=O) groups is 1. The Morgan fingerprint density at radius 3 is 2.67 bits per heavy atom. The highest BCUT2D eigenvalue weighted by Gasteiger charge is 2.22. The van der Waals surface area contributed by atoms with Crippen LogP contribution in [0.1, 0.15) is 30.9 Å². The second-order valence-corrected chi connectivity index (χ2v) is 5.57. The van der Waals surface area contributed by atoms with Gasteiger partial charge in [0.1, 0.15) is 5.75 Å². The number of hydrogen-bond acceptors (Lipinski definition) is 3. The first-order valence-corrected chi connectivity index (χ1v) is 7.29. The molecule has 2 atom stereocenters. The van der Waals surface area contributed by atoms with E-state index in [0.29, 0.717) is 6.04 Å². The van der Waals surface area contributed by atoms with Crippen LogP contribution in [0.2, 0.25) is 0 Å². The molecule has 5 heteroatoms. The fourth-order valence-corrected chi connectivity index (χ4v) is 2.65. The van der Waals surface area contributed by atoms with Crippen molar-refractivity contribution in [2.45, 2.75) is 45.7 Å². The van der Waals surface area contributed by atoms with E-state index in [2.05, 4.69) is 17.6 Å². The van der Waals surface area contributed by atoms with E-state index in [-0.39, 0.29) is 31.0 Å². The molecule has 0 saturated carbocycles. The van der Waals surface area contributed by atoms with Crippen molar-refractivity contribution >= 4 is 18.3 Å². The molecule has 0 aliphatic carbocycles. The molecule has 1 aliphatic rings. The van der Waals surface area contributed by atoms with Crippen LogP contribution < -0.4 is 15.4 Å². The molecule has 0 spiro atoms. The van der Waals surface area contributed by atoms with Crippen LogP contribution in [-0.2, 0) is 4.79 Å². The summed E-state index contributed by atoms with van der Waals surface area (Å²) >= 11 is 0. The lowest BCUT2D eigenvalue weighted by Crippen LogP contribution is -2.52. The van der Waals surface area contributed by atoms with Crippen LogP contribution in [0.15, 0.2) is 18.2 Å². The number of nitrogens with one attached hydrogen (secondary N) is 2. The number of benzene rings is 1. The van der Waals surface area contributed by atoms with E-state index in [1.165, 1.54) is 0 Å². The second kappa shape index (κ2) is 8.25. The van der Waals surface area contributed by atoms with E-state index >= 15 is 0 Å². The minimum Gasteiger partial charge on any atom is -0.483 e. The number of carbonyl (C=O) groups excluding carboxylic acids is 1. The van der Waals surface area contributed by atoms with Gasteiger partial charge in [-0.05, 0) is 51.3 Å². The molecule has 4 nitrogen and oxygen atoms in total. The topological polar surface area (TPSA) is 50.4 Å². The molecule has 118 valence electrons. The number of rotatable bonds is 4. The second-order valence-electron chi connectivity index (χ2n) is 5.57. The minimum atomic E-state index is -0.0480. The Kier molecular flexibility index (Phi) is 6.99. The number of hydrogen-bond donors (Lipinski definition) is 2. The predicted molar refractivity (Wildman–Crippen MR) is 87.3 cm³/mol. The third-order valence-electron chi connectivity index (χ3n) is 3.86. The average Bonchev–Trinajstić information content (AvgIpc) is 2.41. The maximum Gasteiger partial charge on any atom is 0.258 e. The largest absolute Gasteiger partial charge is 0.483 e. The highest BCUT2D eigenvalue weighted by molar-refractivity contribution is 5.85. The number of ether oxygens (including phenoxy) is 1. The van der Waals surface area contributed by atoms with Crippen molar-refractivity contribution in [1.82, 2.24) is 10.6 Å². The van der Waals surface area contributed by atoms with Crippen molar-refractivity contribution in [3.05, 3.63) is 29.3 Å². The van der Waals surface area contributed by atoms with Gasteiger partial charge in [0.05, 0.1) is 0 Å². The summed E-state index contributed by atoms with van der Waals surface area (Å²) in [6, 6.07) is 6.51. The van der Waals surface area contributed by atoms with Crippen LogP contribution in [0.25, 0.3) is 0 Å². The molecule has 21 heavy (non-hydrogen) atoms. The Balaban J connectivity index is 0.00000220. The van der Waals surface area contributed by atoms with E-state index in [1.54, 1.807) is 0 Å². The smallest absolute Gasteiger partial charge is 0.258 e. The third kappa shape index (κ3) is 4.90. The highest BCUT2D eigenvalue weighted by atomic mass is 35.5. The van der Waals surface area contributed by atoms with E-state index in [9.17, 15) is 4.79 Å². The average molecular weight is 313 g/mol. The van der Waals surface area contributed by atoms with E-state index in [0.717, 1.165) is 36.3 Å². The first kappa shape index (κ1) is 17.8. The third-order valence-corrected chi connectivity index (χ3v) is 3.86. The Labute approximate surface area is 133 Å². The Morgan fingerprint density at radius 1 is 1.38 bits per heavy atom. The summed E-state index contributed by atoms with van der Waals surface area (Å²) in [6.07, 6.45) is 2.14. The van der Waals surface area contributed by atoms with Gasteiger partial charge in [0.15, 0.2) is 6.61 Å². The highest BCUT2D eigenvalue weighted by Crippen LogP contribution is 2.22. The Hall–Kier alpha value is -1.26. The number of amides is 1. The van der Waals surface area contributed by atoms with Gasteiger partial charge in [-0.3, -0.25) is 4.79 Å². The first-order chi connectivity index (χ1) is 9.58. The normalized spacial score (nSPS) is 21.3. The molecule has 1 amide bonds. The fourth-order valence-electron chi connectivity index (χ4n) is 2.65. The number of halogens is 1. The number of piperidine rings is 1. The van der Waals surface area contributed by atoms with Crippen LogP contribution in [0.4, 0.5) is 0 Å². The lowest BCUT2D eigenvalue weighted by Gasteiger charge is -2.30. The van der Waals surface area contributed by atoms with Crippen LogP contribution in [0.3, 0.4) is 0 Å². The zero-order chi connectivity index (χ0) is 14.5. The quantitative estimate of drug-likeness (QED) is 0.897. The maximum atomic E-state index is 12.0. The summed E-state index contributed by atoms with van der Waals surface area (Å²) in [7, 11) is 0. The van der Waals surface area contributed by atoms with Crippen molar-refractivity contribution < 1.29 is 9.53 Å². The molecule has 2 rings (SSSR count). The van der Waals surface area contributed by atoms with Gasteiger partial charge in [0.25, 0.3) is 5.91 Å². The Bertz CT molecular complexity index is 459. The summed E-state index contributed by atoms with van der Waals surface area (Å²) < 4.78 is 5.67. The molecule has 1 aromatic rings. The summed E-state index contributed by atoms with van der Waals surface area (Å²) in [5, 5.41) is 6.43. The predicted octanol–water partition coefficient (Wildman–Crippen LogP) is 2.36. The van der Waals surface area contributed by atoms with Crippen LogP contribution >= 0.6 is 12.4 Å². The van der Waals surface area contributed by atoms with Crippen LogP contribution in [0, 0.1) is 13.8 Å². The molecular formula is C16H25ClN2O2. The number of para-hydroxylation sites is 1. The zero-order valence-corrected chi connectivity index (χ0v) is 13.8. The van der Waals surface area contributed by atoms with Crippen molar-refractivity contribution in [1.29, 1.82) is 0 Å². The minimum absolute atomic E-state index is 0. The standard InChI is InChI=1S/C16H24N2O2.ClH/c1-11-6-4-7-12(2)16(11)20-10-15(19)18-14-8-5-9-17-13(14)3;/h4,6-7,13-14,17H,5,8-10H2,1-3H3,(H,18,19);1H. The van der Waals surface area contributed by atoms with E-state index in [4.69, 9.17) is 4.74 Å². The van der Waals surface area contributed by atoms with Gasteiger partial charge in [0.2, 0.25) is 0 Å². The summed E-state index contributed by atoms with van der Waals surface area (Å²) in [6.45, 7) is 7.21. The van der Waals surface area contributed by atoms with Crippen molar-refractivity contribution in [3.63, 3.8) is 0 Å². The molecule has 1 saturated heterocycles. The van der Waals surface area contributed by atoms with Crippen molar-refractivity contribution in [2.75, 3.05) is 13.2 Å². The molecule has 1 heterocycles. The molecule has 0 radical (unpaired) electrons. The molecule has 0 bridgehead atoms. The van der Waals surface area contributed by atoms with Gasteiger partial charge < -0.3 is 15.4 Å². The monoisotopic (exact) mass is 312 g/mol. The molecule has 1 fully saturated rings. The first-order valence-electron chi connectivity index (χ1n) is 7.29. The molecule has 2 N–H and O–H groups in total. The maximum absolute atomic E-state index is 12.0. The van der Waals surface area contributed by atoms with Gasteiger partial charge >= 0.3 is 0 Å². The van der Waals surface area contributed by atoms with Gasteiger partial charge in [0, 0.05) is 12.1 Å². The van der Waals surface area contributed by atoms with Crippen molar-refractivity contribution in [2.24, 2.45) is 0 Å². The molecular weight excluding hydrogens is 288 g/mol. The molecule has 0 aromatic heterocycles. The summed E-state index contributed by atoms with van der Waals surface area (Å²) in [4.78, 5) is 12.0. The van der Waals surface area contributed by atoms with Crippen LogP contribution in [-0.4, -0.2) is 31.1 Å². The van der Waals surface area contributed by atoms with Gasteiger partial charge in [-0.1, -0.05) is 18.2 Å². The van der Waals surface area contributed by atoms with Gasteiger partial charge in [-0.2, -0.15) is 0 Å². The lowest BCUT2D eigenvalue weighted by molar-refractivity contribution is -0.124. The number of aryl methyl sites for hydroxylation is 2. The summed E-state index contributed by atoms with van der Waals surface area (Å²) in [5.74, 6) is 0.769. The molecule has 1 aliphatic heterocycles. The van der Waals surface area contributed by atoms with E-state index in [1.807, 2.05) is 32.0 Å². The van der Waals surface area contributed by atoms with E-state index < -0.39 is 0 Å².